The summed E-state index contributed by atoms with van der Waals surface area (Å²) in [7, 11) is 0. The van der Waals surface area contributed by atoms with E-state index in [0.717, 1.165) is 15.7 Å². The van der Waals surface area contributed by atoms with Crippen LogP contribution < -0.4 is 10.6 Å². The third-order valence-corrected chi connectivity index (χ3v) is 3.84. The average Bonchev–Trinajstić information content (AvgIpc) is 2.49. The first-order valence-electron chi connectivity index (χ1n) is 7.10. The van der Waals surface area contributed by atoms with Crippen LogP contribution >= 0.6 is 15.9 Å². The van der Waals surface area contributed by atoms with E-state index in [0.29, 0.717) is 24.1 Å². The van der Waals surface area contributed by atoms with Crippen molar-refractivity contribution in [3.05, 3.63) is 46.2 Å². The molecule has 0 unspecified atom stereocenters. The maximum atomic E-state index is 12.0. The van der Waals surface area contributed by atoms with E-state index in [1.54, 1.807) is 12.3 Å². The maximum Gasteiger partial charge on any atom is 0.270 e. The monoisotopic (exact) mass is 362 g/mol. The predicted molar refractivity (Wildman–Crippen MR) is 91.4 cm³/mol. The number of carbonyl (C=O) groups is 1. The summed E-state index contributed by atoms with van der Waals surface area (Å²) in [5.74, 6) is 0.602. The van der Waals surface area contributed by atoms with E-state index in [-0.39, 0.29) is 5.91 Å². The molecule has 5 nitrogen and oxygen atoms in total. The van der Waals surface area contributed by atoms with Crippen LogP contribution in [0, 0.1) is 12.8 Å². The molecule has 1 aromatic heterocycles. The molecule has 1 heterocycles. The van der Waals surface area contributed by atoms with Crippen molar-refractivity contribution in [1.82, 2.24) is 15.3 Å². The van der Waals surface area contributed by atoms with Gasteiger partial charge >= 0.3 is 0 Å². The molecule has 0 radical (unpaired) electrons. The Hall–Kier alpha value is -1.95. The highest BCUT2D eigenvalue weighted by Crippen LogP contribution is 2.22. The van der Waals surface area contributed by atoms with Gasteiger partial charge in [0, 0.05) is 22.9 Å². The lowest BCUT2D eigenvalue weighted by Gasteiger charge is -2.09. The molecule has 1 aromatic carbocycles. The molecule has 6 heteroatoms. The van der Waals surface area contributed by atoms with E-state index in [2.05, 4.69) is 36.5 Å². The summed E-state index contributed by atoms with van der Waals surface area (Å²) in [6.45, 7) is 6.73. The van der Waals surface area contributed by atoms with Crippen molar-refractivity contribution in [2.45, 2.75) is 20.8 Å². The highest BCUT2D eigenvalue weighted by atomic mass is 79.9. The summed E-state index contributed by atoms with van der Waals surface area (Å²) in [4.78, 5) is 20.4. The van der Waals surface area contributed by atoms with Crippen molar-refractivity contribution < 1.29 is 4.79 Å². The fourth-order valence-electron chi connectivity index (χ4n) is 1.73. The highest BCUT2D eigenvalue weighted by Gasteiger charge is 2.09. The number of rotatable bonds is 5. The number of amides is 1. The molecule has 22 heavy (non-hydrogen) atoms. The van der Waals surface area contributed by atoms with Crippen LogP contribution in [-0.2, 0) is 0 Å². The lowest BCUT2D eigenvalue weighted by Crippen LogP contribution is -2.28. The zero-order chi connectivity index (χ0) is 16.1. The van der Waals surface area contributed by atoms with E-state index < -0.39 is 0 Å². The van der Waals surface area contributed by atoms with Crippen molar-refractivity contribution >= 4 is 33.5 Å². The normalized spacial score (nSPS) is 10.6. The lowest BCUT2D eigenvalue weighted by atomic mass is 10.2. The van der Waals surface area contributed by atoms with Crippen LogP contribution in [-0.4, -0.2) is 22.4 Å². The Morgan fingerprint density at radius 2 is 2.09 bits per heavy atom. The fraction of sp³-hybridized carbons (Fsp3) is 0.312. The summed E-state index contributed by atoms with van der Waals surface area (Å²) in [5.41, 5.74) is 2.36. The molecule has 0 atom stereocenters. The van der Waals surface area contributed by atoms with Gasteiger partial charge in [-0.15, -0.1) is 0 Å². The molecule has 2 N–H and O–H groups in total. The Morgan fingerprint density at radius 1 is 1.32 bits per heavy atom. The standard InChI is InChI=1S/C16H19BrN4O/c1-10(2)9-19-15(22)14-6-7-18-16(21-14)20-12-5-4-11(3)13(17)8-12/h4-8,10H,9H2,1-3H3,(H,19,22)(H,18,20,21). The van der Waals surface area contributed by atoms with Crippen LogP contribution in [0.25, 0.3) is 0 Å². The first-order chi connectivity index (χ1) is 10.5. The summed E-state index contributed by atoms with van der Waals surface area (Å²) < 4.78 is 1.00. The van der Waals surface area contributed by atoms with E-state index in [4.69, 9.17) is 0 Å². The van der Waals surface area contributed by atoms with E-state index >= 15 is 0 Å². The Morgan fingerprint density at radius 3 is 2.77 bits per heavy atom. The largest absolute Gasteiger partial charge is 0.350 e. The minimum atomic E-state index is -0.191. The number of carbonyl (C=O) groups excluding carboxylic acids is 1. The number of aryl methyl sites for hydroxylation is 1. The van der Waals surface area contributed by atoms with Crippen LogP contribution in [0.4, 0.5) is 11.6 Å². The van der Waals surface area contributed by atoms with Gasteiger partial charge in [0.05, 0.1) is 0 Å². The fourth-order valence-corrected chi connectivity index (χ4v) is 2.11. The first kappa shape index (κ1) is 16.4. The third kappa shape index (κ3) is 4.53. The molecular formula is C16H19BrN4O. The molecule has 2 aromatic rings. The van der Waals surface area contributed by atoms with Crippen molar-refractivity contribution in [2.24, 2.45) is 5.92 Å². The van der Waals surface area contributed by atoms with Gasteiger partial charge in [-0.05, 0) is 36.6 Å². The second kappa shape index (κ2) is 7.35. The molecule has 1 amide bonds. The molecule has 116 valence electrons. The first-order valence-corrected chi connectivity index (χ1v) is 7.89. The van der Waals surface area contributed by atoms with Gasteiger partial charge in [-0.25, -0.2) is 9.97 Å². The molecule has 0 aliphatic rings. The van der Waals surface area contributed by atoms with Gasteiger partial charge in [0.2, 0.25) is 5.95 Å². The number of hydrogen-bond acceptors (Lipinski definition) is 4. The molecule has 2 rings (SSSR count). The van der Waals surface area contributed by atoms with Crippen molar-refractivity contribution in [2.75, 3.05) is 11.9 Å². The predicted octanol–water partition coefficient (Wildman–Crippen LogP) is 3.68. The Balaban J connectivity index is 2.10. The molecular weight excluding hydrogens is 344 g/mol. The summed E-state index contributed by atoms with van der Waals surface area (Å²) in [5, 5.41) is 5.94. The van der Waals surface area contributed by atoms with Crippen LogP contribution in [0.1, 0.15) is 29.9 Å². The molecule has 0 spiro atoms. The second-order valence-corrected chi connectivity index (χ2v) is 6.31. The highest BCUT2D eigenvalue weighted by molar-refractivity contribution is 9.10. The molecule has 0 bridgehead atoms. The number of benzene rings is 1. The average molecular weight is 363 g/mol. The summed E-state index contributed by atoms with van der Waals surface area (Å²) in [6, 6.07) is 7.48. The zero-order valence-corrected chi connectivity index (χ0v) is 14.4. The summed E-state index contributed by atoms with van der Waals surface area (Å²) >= 11 is 3.49. The van der Waals surface area contributed by atoms with Crippen molar-refractivity contribution in [1.29, 1.82) is 0 Å². The quantitative estimate of drug-likeness (QED) is 0.851. The van der Waals surface area contributed by atoms with Gasteiger partial charge < -0.3 is 10.6 Å². The molecule has 0 fully saturated rings. The topological polar surface area (TPSA) is 66.9 Å². The Bertz CT molecular complexity index is 673. The van der Waals surface area contributed by atoms with Gasteiger partial charge in [-0.1, -0.05) is 35.8 Å². The van der Waals surface area contributed by atoms with Gasteiger partial charge in [-0.3, -0.25) is 4.79 Å². The maximum absolute atomic E-state index is 12.0. The van der Waals surface area contributed by atoms with E-state index in [1.165, 1.54) is 0 Å². The number of nitrogens with one attached hydrogen (secondary N) is 2. The van der Waals surface area contributed by atoms with Gasteiger partial charge in [0.1, 0.15) is 5.69 Å². The Labute approximate surface area is 138 Å². The van der Waals surface area contributed by atoms with Crippen LogP contribution in [0.5, 0.6) is 0 Å². The number of halogens is 1. The van der Waals surface area contributed by atoms with E-state index in [1.807, 2.05) is 39.0 Å². The minimum absolute atomic E-state index is 0.191. The van der Waals surface area contributed by atoms with Gasteiger partial charge in [-0.2, -0.15) is 0 Å². The second-order valence-electron chi connectivity index (χ2n) is 5.46. The van der Waals surface area contributed by atoms with Gasteiger partial charge in [0.25, 0.3) is 5.91 Å². The third-order valence-electron chi connectivity index (χ3n) is 2.99. The minimum Gasteiger partial charge on any atom is -0.350 e. The van der Waals surface area contributed by atoms with Crippen LogP contribution in [0.15, 0.2) is 34.9 Å². The number of nitrogens with zero attached hydrogens (tertiary/aromatic N) is 2. The van der Waals surface area contributed by atoms with Crippen LogP contribution in [0.3, 0.4) is 0 Å². The number of hydrogen-bond donors (Lipinski definition) is 2. The lowest BCUT2D eigenvalue weighted by molar-refractivity contribution is 0.0944. The molecule has 0 saturated heterocycles. The number of anilines is 2. The van der Waals surface area contributed by atoms with Crippen molar-refractivity contribution in [3.8, 4) is 0 Å². The van der Waals surface area contributed by atoms with Crippen molar-refractivity contribution in [3.63, 3.8) is 0 Å². The smallest absolute Gasteiger partial charge is 0.270 e. The molecule has 0 aliphatic carbocycles. The molecule has 0 saturated carbocycles. The van der Waals surface area contributed by atoms with E-state index in [9.17, 15) is 4.79 Å². The van der Waals surface area contributed by atoms with Gasteiger partial charge in [0.15, 0.2) is 0 Å². The van der Waals surface area contributed by atoms with Crippen LogP contribution in [0.2, 0.25) is 0 Å². The number of aromatic nitrogens is 2. The zero-order valence-electron chi connectivity index (χ0n) is 12.9. The SMILES string of the molecule is Cc1ccc(Nc2nccc(C(=O)NCC(C)C)n2)cc1Br. The molecule has 0 aliphatic heterocycles. The Kier molecular flexibility index (Phi) is 5.49. The summed E-state index contributed by atoms with van der Waals surface area (Å²) in [6.07, 6.45) is 1.57.